The van der Waals surface area contributed by atoms with E-state index in [2.05, 4.69) is 15.3 Å². The number of carbonyl (C=O) groups is 1. The minimum Gasteiger partial charge on any atom is -0.378 e. The van der Waals surface area contributed by atoms with Crippen molar-refractivity contribution in [1.29, 1.82) is 0 Å². The minimum atomic E-state index is -0.208. The van der Waals surface area contributed by atoms with Crippen LogP contribution in [0.3, 0.4) is 0 Å². The van der Waals surface area contributed by atoms with Crippen molar-refractivity contribution >= 4 is 34.3 Å². The summed E-state index contributed by atoms with van der Waals surface area (Å²) < 4.78 is 1.47. The molecular formula is C25H25N5O2S. The number of amides is 1. The summed E-state index contributed by atoms with van der Waals surface area (Å²) in [5.41, 5.74) is 3.50. The molecule has 2 aromatic heterocycles. The van der Waals surface area contributed by atoms with Gasteiger partial charge >= 0.3 is 0 Å². The zero-order valence-corrected chi connectivity index (χ0v) is 19.6. The molecule has 4 rings (SSSR count). The van der Waals surface area contributed by atoms with Crippen molar-refractivity contribution in [3.05, 3.63) is 88.3 Å². The molecule has 0 unspecified atom stereocenters. The van der Waals surface area contributed by atoms with E-state index in [1.54, 1.807) is 24.4 Å². The molecule has 4 aromatic rings. The molecule has 0 saturated carbocycles. The molecule has 7 nitrogen and oxygen atoms in total. The second kappa shape index (κ2) is 9.87. The lowest BCUT2D eigenvalue weighted by Gasteiger charge is -2.13. The lowest BCUT2D eigenvalue weighted by Crippen LogP contribution is -2.26. The summed E-state index contributed by atoms with van der Waals surface area (Å²) in [5.74, 6) is 0.474. The summed E-state index contributed by atoms with van der Waals surface area (Å²) in [4.78, 5) is 36.8. The lowest BCUT2D eigenvalue weighted by molar-refractivity contribution is -0.118. The van der Waals surface area contributed by atoms with Crippen LogP contribution in [0.4, 0.5) is 5.69 Å². The number of para-hydroxylation sites is 1. The third-order valence-electron chi connectivity index (χ3n) is 5.14. The number of carbonyl (C=O) groups excluding carboxylic acids is 1. The van der Waals surface area contributed by atoms with E-state index in [9.17, 15) is 9.59 Å². The quantitative estimate of drug-likeness (QED) is 0.336. The molecule has 0 aliphatic heterocycles. The summed E-state index contributed by atoms with van der Waals surface area (Å²) in [6.07, 6.45) is 1.71. The molecule has 0 saturated heterocycles. The number of anilines is 1. The maximum atomic E-state index is 13.2. The number of hydrogen-bond acceptors (Lipinski definition) is 6. The van der Waals surface area contributed by atoms with Crippen molar-refractivity contribution in [1.82, 2.24) is 19.9 Å². The monoisotopic (exact) mass is 459 g/mol. The Morgan fingerprint density at radius 2 is 1.82 bits per heavy atom. The molecule has 2 aromatic carbocycles. The van der Waals surface area contributed by atoms with Crippen LogP contribution in [-0.4, -0.2) is 40.3 Å². The molecule has 33 heavy (non-hydrogen) atoms. The predicted molar refractivity (Wildman–Crippen MR) is 133 cm³/mol. The number of aromatic nitrogens is 3. The maximum Gasteiger partial charge on any atom is 0.267 e. The molecule has 0 radical (unpaired) electrons. The molecule has 2 heterocycles. The predicted octanol–water partition coefficient (Wildman–Crippen LogP) is 3.56. The Labute approximate surface area is 196 Å². The number of thioether (sulfide) groups is 1. The van der Waals surface area contributed by atoms with E-state index in [-0.39, 0.29) is 17.2 Å². The van der Waals surface area contributed by atoms with Crippen LogP contribution in [0.5, 0.6) is 0 Å². The Bertz CT molecular complexity index is 1330. The highest BCUT2D eigenvalue weighted by molar-refractivity contribution is 7.99. The fourth-order valence-electron chi connectivity index (χ4n) is 3.30. The highest BCUT2D eigenvalue weighted by Gasteiger charge is 2.15. The van der Waals surface area contributed by atoms with E-state index < -0.39 is 0 Å². The van der Waals surface area contributed by atoms with Gasteiger partial charge in [0.2, 0.25) is 5.91 Å². The highest BCUT2D eigenvalue weighted by Crippen LogP contribution is 2.20. The Balaban J connectivity index is 1.52. The molecule has 0 spiro atoms. The van der Waals surface area contributed by atoms with Crippen molar-refractivity contribution in [3.8, 4) is 5.82 Å². The van der Waals surface area contributed by atoms with Gasteiger partial charge in [-0.3, -0.25) is 9.59 Å². The van der Waals surface area contributed by atoms with Gasteiger partial charge in [-0.1, -0.05) is 42.1 Å². The van der Waals surface area contributed by atoms with Crippen LogP contribution in [0.2, 0.25) is 0 Å². The van der Waals surface area contributed by atoms with Crippen LogP contribution in [0, 0.1) is 6.92 Å². The van der Waals surface area contributed by atoms with Gasteiger partial charge in [-0.2, -0.15) is 0 Å². The van der Waals surface area contributed by atoms with Gasteiger partial charge in [-0.25, -0.2) is 14.5 Å². The van der Waals surface area contributed by atoms with Crippen molar-refractivity contribution in [2.75, 3.05) is 24.7 Å². The average molecular weight is 460 g/mol. The normalized spacial score (nSPS) is 10.9. The summed E-state index contributed by atoms with van der Waals surface area (Å²) >= 11 is 1.22. The molecule has 0 bridgehead atoms. The number of aryl methyl sites for hydroxylation is 1. The molecule has 168 valence electrons. The van der Waals surface area contributed by atoms with Crippen LogP contribution in [-0.2, 0) is 11.3 Å². The van der Waals surface area contributed by atoms with Crippen LogP contribution in [0.1, 0.15) is 11.1 Å². The summed E-state index contributed by atoms with van der Waals surface area (Å²) in [5, 5.41) is 3.87. The van der Waals surface area contributed by atoms with Gasteiger partial charge < -0.3 is 10.2 Å². The van der Waals surface area contributed by atoms with E-state index in [0.717, 1.165) is 16.8 Å². The van der Waals surface area contributed by atoms with Gasteiger partial charge in [-0.05, 0) is 48.4 Å². The topological polar surface area (TPSA) is 80.1 Å². The van der Waals surface area contributed by atoms with E-state index in [4.69, 9.17) is 0 Å². The van der Waals surface area contributed by atoms with E-state index in [0.29, 0.717) is 28.4 Å². The number of fused-ring (bicyclic) bond motifs is 1. The maximum absolute atomic E-state index is 13.2. The number of nitrogens with zero attached hydrogens (tertiary/aromatic N) is 4. The van der Waals surface area contributed by atoms with Crippen molar-refractivity contribution < 1.29 is 4.79 Å². The Kier molecular flexibility index (Phi) is 6.74. The zero-order valence-electron chi connectivity index (χ0n) is 18.8. The standard InChI is InChI=1S/C25H25N5O2S/c1-17-8-13-22(26-14-17)30-24(32)20-6-4-5-7-21(20)28-25(30)33-16-23(31)27-15-18-9-11-19(12-10-18)29(2)3/h4-14H,15-16H2,1-3H3,(H,27,31). The number of rotatable bonds is 7. The number of hydrogen-bond donors (Lipinski definition) is 1. The van der Waals surface area contributed by atoms with Crippen LogP contribution in [0.25, 0.3) is 16.7 Å². The third-order valence-corrected chi connectivity index (χ3v) is 6.08. The van der Waals surface area contributed by atoms with E-state index in [1.807, 2.05) is 68.4 Å². The molecule has 0 aliphatic carbocycles. The van der Waals surface area contributed by atoms with Crippen molar-refractivity contribution in [2.24, 2.45) is 0 Å². The number of benzene rings is 2. The largest absolute Gasteiger partial charge is 0.378 e. The zero-order chi connectivity index (χ0) is 23.4. The van der Waals surface area contributed by atoms with E-state index >= 15 is 0 Å². The lowest BCUT2D eigenvalue weighted by atomic mass is 10.2. The Morgan fingerprint density at radius 3 is 2.52 bits per heavy atom. The molecule has 1 N–H and O–H groups in total. The van der Waals surface area contributed by atoms with Crippen molar-refractivity contribution in [3.63, 3.8) is 0 Å². The van der Waals surface area contributed by atoms with Gasteiger partial charge in [-0.15, -0.1) is 0 Å². The molecule has 0 aliphatic rings. The SMILES string of the molecule is Cc1ccc(-n2c(SCC(=O)NCc3ccc(N(C)C)cc3)nc3ccccc3c2=O)nc1. The van der Waals surface area contributed by atoms with Gasteiger partial charge in [0.25, 0.3) is 5.56 Å². The summed E-state index contributed by atoms with van der Waals surface area (Å²) in [6.45, 7) is 2.37. The first-order chi connectivity index (χ1) is 15.9. The van der Waals surface area contributed by atoms with Gasteiger partial charge in [0, 0.05) is 32.5 Å². The third kappa shape index (κ3) is 5.23. The molecule has 1 amide bonds. The minimum absolute atomic E-state index is 0.131. The highest BCUT2D eigenvalue weighted by atomic mass is 32.2. The molecular weight excluding hydrogens is 434 g/mol. The second-order valence-corrected chi connectivity index (χ2v) is 8.81. The first-order valence-corrected chi connectivity index (χ1v) is 11.5. The van der Waals surface area contributed by atoms with Crippen LogP contribution >= 0.6 is 11.8 Å². The van der Waals surface area contributed by atoms with Gasteiger partial charge in [0.15, 0.2) is 5.16 Å². The summed E-state index contributed by atoms with van der Waals surface area (Å²) in [7, 11) is 3.97. The first kappa shape index (κ1) is 22.5. The Hall–Kier alpha value is -3.65. The second-order valence-electron chi connectivity index (χ2n) is 7.87. The van der Waals surface area contributed by atoms with Crippen LogP contribution < -0.4 is 15.8 Å². The fourth-order valence-corrected chi connectivity index (χ4v) is 4.13. The fraction of sp³-hybridized carbons (Fsp3) is 0.200. The first-order valence-electron chi connectivity index (χ1n) is 10.5. The Morgan fingerprint density at radius 1 is 1.06 bits per heavy atom. The van der Waals surface area contributed by atoms with Crippen molar-refractivity contribution in [2.45, 2.75) is 18.6 Å². The number of nitrogens with one attached hydrogen (secondary N) is 1. The molecule has 0 atom stereocenters. The molecule has 8 heteroatoms. The summed E-state index contributed by atoms with van der Waals surface area (Å²) in [6, 6.07) is 18.9. The van der Waals surface area contributed by atoms with Gasteiger partial charge in [0.05, 0.1) is 16.7 Å². The van der Waals surface area contributed by atoms with E-state index in [1.165, 1.54) is 16.3 Å². The number of pyridine rings is 1. The smallest absolute Gasteiger partial charge is 0.267 e. The molecule has 0 fully saturated rings. The van der Waals surface area contributed by atoms with Crippen LogP contribution in [0.15, 0.2) is 76.8 Å². The average Bonchev–Trinajstić information content (AvgIpc) is 2.82. The van der Waals surface area contributed by atoms with Gasteiger partial charge in [0.1, 0.15) is 5.82 Å².